The first-order chi connectivity index (χ1) is 3.81. The molecule has 1 radical (unpaired) electrons. The Morgan fingerprint density at radius 3 is 2.75 bits per heavy atom. The molecule has 0 unspecified atom stereocenters. The molecule has 0 heterocycles. The van der Waals surface area contributed by atoms with Crippen LogP contribution in [0.5, 0.6) is 0 Å². The van der Waals surface area contributed by atoms with Crippen molar-refractivity contribution in [2.24, 2.45) is 0 Å². The molecule has 0 rings (SSSR count). The molecular formula is C5H8NO2. The quantitative estimate of drug-likeness (QED) is 0.542. The van der Waals surface area contributed by atoms with Crippen LogP contribution in [0, 0.1) is 0 Å². The van der Waals surface area contributed by atoms with Crippen LogP contribution in [0.15, 0.2) is 12.3 Å². The maximum absolute atomic E-state index is 10.1. The van der Waals surface area contributed by atoms with Crippen LogP contribution in [-0.4, -0.2) is 12.5 Å². The first-order valence-corrected chi connectivity index (χ1v) is 2.30. The van der Waals surface area contributed by atoms with Crippen LogP contribution in [0.4, 0.5) is 0 Å². The first-order valence-electron chi connectivity index (χ1n) is 2.30. The van der Waals surface area contributed by atoms with E-state index >= 15 is 0 Å². The summed E-state index contributed by atoms with van der Waals surface area (Å²) < 4.78 is 0. The number of rotatable bonds is 2. The zero-order valence-electron chi connectivity index (χ0n) is 4.68. The Kier molecular flexibility index (Phi) is 3.88. The van der Waals surface area contributed by atoms with Gasteiger partial charge in [-0.1, -0.05) is 6.08 Å². The molecule has 3 nitrogen and oxygen atoms in total. The van der Waals surface area contributed by atoms with Crippen LogP contribution in [0.2, 0.25) is 0 Å². The number of allylic oxidation sites excluding steroid dienone is 1. The van der Waals surface area contributed by atoms with Crippen molar-refractivity contribution < 1.29 is 9.90 Å². The molecule has 3 heteroatoms. The van der Waals surface area contributed by atoms with Crippen molar-refractivity contribution in [3.8, 4) is 0 Å². The molecule has 0 atom stereocenters. The van der Waals surface area contributed by atoms with Gasteiger partial charge in [-0.15, -0.1) is 0 Å². The average molecular weight is 114 g/mol. The molecule has 0 aromatic rings. The van der Waals surface area contributed by atoms with Crippen LogP contribution in [0.1, 0.15) is 6.92 Å². The van der Waals surface area contributed by atoms with Crippen molar-refractivity contribution in [1.29, 1.82) is 0 Å². The Labute approximate surface area is 48.0 Å². The van der Waals surface area contributed by atoms with E-state index in [0.717, 1.165) is 0 Å². The third-order valence-electron chi connectivity index (χ3n) is 0.542. The zero-order chi connectivity index (χ0) is 6.41. The van der Waals surface area contributed by atoms with E-state index < -0.39 is 12.5 Å². The van der Waals surface area contributed by atoms with Gasteiger partial charge in [0, 0.05) is 0 Å². The maximum atomic E-state index is 10.1. The highest BCUT2D eigenvalue weighted by Crippen LogP contribution is 1.64. The molecule has 0 aliphatic heterocycles. The summed E-state index contributed by atoms with van der Waals surface area (Å²) in [5.74, 6) is -0.497. The molecule has 45 valence electrons. The predicted molar refractivity (Wildman–Crippen MR) is 28.5 cm³/mol. The summed E-state index contributed by atoms with van der Waals surface area (Å²) in [7, 11) is 0. The van der Waals surface area contributed by atoms with Crippen molar-refractivity contribution in [2.75, 3.05) is 6.61 Å². The van der Waals surface area contributed by atoms with E-state index in [1.807, 2.05) is 0 Å². The summed E-state index contributed by atoms with van der Waals surface area (Å²) in [6.45, 7) is 1.05. The van der Waals surface area contributed by atoms with Gasteiger partial charge in [-0.3, -0.25) is 4.79 Å². The summed E-state index contributed by atoms with van der Waals surface area (Å²) in [5.41, 5.74) is 0. The van der Waals surface area contributed by atoms with Gasteiger partial charge in [0.2, 0.25) is 0 Å². The summed E-state index contributed by atoms with van der Waals surface area (Å²) >= 11 is 0. The molecule has 0 saturated heterocycles. The molecule has 8 heavy (non-hydrogen) atoms. The summed E-state index contributed by atoms with van der Waals surface area (Å²) in [4.78, 5) is 10.1. The van der Waals surface area contributed by atoms with Gasteiger partial charge in [-0.05, 0) is 13.1 Å². The van der Waals surface area contributed by atoms with Crippen molar-refractivity contribution in [1.82, 2.24) is 5.32 Å². The topological polar surface area (TPSA) is 49.0 Å². The van der Waals surface area contributed by atoms with E-state index in [2.05, 4.69) is 5.32 Å². The van der Waals surface area contributed by atoms with Gasteiger partial charge in [0.05, 0.1) is 0 Å². The fourth-order valence-corrected chi connectivity index (χ4v) is 0.218. The molecule has 0 aliphatic rings. The van der Waals surface area contributed by atoms with Gasteiger partial charge >= 0.3 is 0 Å². The third kappa shape index (κ3) is 3.36. The smallest absolute Gasteiger partial charge is 0.253 e. The van der Waals surface area contributed by atoms with Crippen molar-refractivity contribution in [3.63, 3.8) is 0 Å². The SMILES string of the molecule is CC=CNC(=O)C[O]. The highest BCUT2D eigenvalue weighted by atomic mass is 16.3. The van der Waals surface area contributed by atoms with Gasteiger partial charge in [0.25, 0.3) is 5.91 Å². The first kappa shape index (κ1) is 7.17. The normalized spacial score (nSPS) is 9.75. The van der Waals surface area contributed by atoms with Gasteiger partial charge in [-0.25, -0.2) is 5.11 Å². The molecule has 0 aliphatic carbocycles. The number of carbonyl (C=O) groups is 1. The Bertz CT molecular complexity index is 98.6. The molecule has 0 fully saturated rings. The van der Waals surface area contributed by atoms with Crippen LogP contribution in [0.3, 0.4) is 0 Å². The zero-order valence-corrected chi connectivity index (χ0v) is 4.68. The monoisotopic (exact) mass is 114 g/mol. The third-order valence-corrected chi connectivity index (χ3v) is 0.542. The Morgan fingerprint density at radius 1 is 1.75 bits per heavy atom. The second-order valence-corrected chi connectivity index (χ2v) is 1.21. The molecule has 0 aromatic heterocycles. The van der Waals surface area contributed by atoms with Crippen LogP contribution >= 0.6 is 0 Å². The van der Waals surface area contributed by atoms with Gasteiger partial charge < -0.3 is 5.32 Å². The van der Waals surface area contributed by atoms with Crippen molar-refractivity contribution in [2.45, 2.75) is 6.92 Å². The van der Waals surface area contributed by atoms with E-state index in [4.69, 9.17) is 0 Å². The van der Waals surface area contributed by atoms with Gasteiger partial charge in [-0.2, -0.15) is 0 Å². The Morgan fingerprint density at radius 2 is 2.38 bits per heavy atom. The van der Waals surface area contributed by atoms with E-state index in [1.54, 1.807) is 13.0 Å². The lowest BCUT2D eigenvalue weighted by Crippen LogP contribution is -2.19. The van der Waals surface area contributed by atoms with E-state index in [9.17, 15) is 9.90 Å². The van der Waals surface area contributed by atoms with Crippen LogP contribution < -0.4 is 5.32 Å². The lowest BCUT2D eigenvalue weighted by atomic mass is 10.6. The molecule has 0 saturated carbocycles. The highest BCUT2D eigenvalue weighted by Gasteiger charge is 1.90. The molecular weight excluding hydrogens is 106 g/mol. The fraction of sp³-hybridized carbons (Fsp3) is 0.400. The maximum Gasteiger partial charge on any atom is 0.253 e. The second-order valence-electron chi connectivity index (χ2n) is 1.21. The van der Waals surface area contributed by atoms with Gasteiger partial charge in [0.1, 0.15) is 0 Å². The molecule has 1 N–H and O–H groups in total. The second kappa shape index (κ2) is 4.33. The van der Waals surface area contributed by atoms with Crippen LogP contribution in [0.25, 0.3) is 0 Å². The standard InChI is InChI=1S/C5H8NO2/c1-2-3-6-5(8)4-7/h2-3H,4H2,1H3,(H,6,8). The molecule has 1 amide bonds. The minimum atomic E-state index is -0.704. The predicted octanol–water partition coefficient (Wildman–Crippen LogP) is 0.0667. The number of hydrogen-bond donors (Lipinski definition) is 1. The molecule has 0 aromatic carbocycles. The Balaban J connectivity index is 3.25. The number of nitrogens with one attached hydrogen (secondary N) is 1. The summed E-state index contributed by atoms with van der Waals surface area (Å²) in [6.07, 6.45) is 3.08. The lowest BCUT2D eigenvalue weighted by Gasteiger charge is -1.88. The lowest BCUT2D eigenvalue weighted by molar-refractivity contribution is -0.124. The van der Waals surface area contributed by atoms with Gasteiger partial charge in [0.15, 0.2) is 6.61 Å². The van der Waals surface area contributed by atoms with E-state index in [-0.39, 0.29) is 0 Å². The van der Waals surface area contributed by atoms with E-state index in [0.29, 0.717) is 0 Å². The molecule has 0 bridgehead atoms. The summed E-state index contributed by atoms with van der Waals surface area (Å²) in [6, 6.07) is 0. The summed E-state index contributed by atoms with van der Waals surface area (Å²) in [5, 5.41) is 11.9. The van der Waals surface area contributed by atoms with Crippen molar-refractivity contribution >= 4 is 5.91 Å². The highest BCUT2D eigenvalue weighted by molar-refractivity contribution is 5.77. The average Bonchev–Trinajstić information content (AvgIpc) is 1.83. The number of carbonyl (C=O) groups excluding carboxylic acids is 1. The van der Waals surface area contributed by atoms with Crippen LogP contribution in [-0.2, 0) is 9.90 Å². The van der Waals surface area contributed by atoms with Crippen molar-refractivity contribution in [3.05, 3.63) is 12.3 Å². The largest absolute Gasteiger partial charge is 0.331 e. The van der Waals surface area contributed by atoms with E-state index in [1.165, 1.54) is 6.20 Å². The number of amides is 1. The molecule has 0 spiro atoms. The number of hydrogen-bond acceptors (Lipinski definition) is 1. The minimum Gasteiger partial charge on any atom is -0.331 e. The fourth-order valence-electron chi connectivity index (χ4n) is 0.218. The Hall–Kier alpha value is -0.830. The minimum absolute atomic E-state index is 0.497.